The highest BCUT2D eigenvalue weighted by atomic mass is 16.6. The van der Waals surface area contributed by atoms with Crippen LogP contribution in [0.15, 0.2) is 48.5 Å². The molecule has 1 aliphatic rings. The van der Waals surface area contributed by atoms with Crippen LogP contribution in [0.25, 0.3) is 22.6 Å². The zero-order chi connectivity index (χ0) is 23.8. The summed E-state index contributed by atoms with van der Waals surface area (Å²) < 4.78 is 22.3. The number of aliphatic hydroxyl groups excluding tert-OH is 1. The zero-order valence-corrected chi connectivity index (χ0v) is 19.4. The number of aliphatic hydroxyl groups is 1. The van der Waals surface area contributed by atoms with Crippen LogP contribution in [-0.2, 0) is 4.74 Å². The van der Waals surface area contributed by atoms with Gasteiger partial charge >= 0.3 is 0 Å². The first-order valence-corrected chi connectivity index (χ1v) is 11.2. The number of rotatable bonds is 11. The van der Waals surface area contributed by atoms with Crippen LogP contribution in [0, 0.1) is 0 Å². The molecule has 1 unspecified atom stereocenters. The van der Waals surface area contributed by atoms with Gasteiger partial charge < -0.3 is 34.7 Å². The number of aromatic nitrogens is 2. The van der Waals surface area contributed by atoms with E-state index in [0.717, 1.165) is 22.6 Å². The molecule has 1 aromatic heterocycles. The number of methoxy groups -OCH3 is 1. The van der Waals surface area contributed by atoms with E-state index in [2.05, 4.69) is 10.6 Å². The summed E-state index contributed by atoms with van der Waals surface area (Å²) in [5.41, 5.74) is 2.44. The smallest absolute Gasteiger partial charge is 0.162 e. The molecule has 180 valence electrons. The van der Waals surface area contributed by atoms with Crippen molar-refractivity contribution in [1.29, 1.82) is 0 Å². The molecule has 0 spiro atoms. The number of anilines is 1. The van der Waals surface area contributed by atoms with Gasteiger partial charge in [-0.2, -0.15) is 0 Å². The van der Waals surface area contributed by atoms with Gasteiger partial charge in [0, 0.05) is 37.4 Å². The van der Waals surface area contributed by atoms with Gasteiger partial charge in [-0.3, -0.25) is 0 Å². The molecule has 0 bridgehead atoms. The Balaban J connectivity index is 1.64. The number of nitrogens with one attached hydrogen (secondary N) is 2. The average Bonchev–Trinajstić information content (AvgIpc) is 2.87. The second-order valence-electron chi connectivity index (χ2n) is 7.79. The molecule has 9 heteroatoms. The maximum Gasteiger partial charge on any atom is 0.162 e. The Bertz CT molecular complexity index is 1090. The molecule has 0 fully saturated rings. The van der Waals surface area contributed by atoms with Gasteiger partial charge in [-0.15, -0.1) is 0 Å². The summed E-state index contributed by atoms with van der Waals surface area (Å²) >= 11 is 0. The molecule has 3 N–H and O–H groups in total. The average molecular weight is 467 g/mol. The Morgan fingerprint density at radius 3 is 2.71 bits per heavy atom. The molecule has 0 radical (unpaired) electrons. The van der Waals surface area contributed by atoms with E-state index in [1.807, 2.05) is 48.5 Å². The quantitative estimate of drug-likeness (QED) is 0.368. The summed E-state index contributed by atoms with van der Waals surface area (Å²) in [5.74, 6) is 3.30. The molecule has 4 rings (SSSR count). The molecule has 0 saturated carbocycles. The van der Waals surface area contributed by atoms with Crippen molar-refractivity contribution in [3.63, 3.8) is 0 Å². The van der Waals surface area contributed by atoms with Crippen molar-refractivity contribution in [3.8, 4) is 39.9 Å². The second-order valence-corrected chi connectivity index (χ2v) is 7.79. The Kier molecular flexibility index (Phi) is 8.13. The maximum atomic E-state index is 9.93. The van der Waals surface area contributed by atoms with Crippen LogP contribution in [0.5, 0.6) is 17.2 Å². The monoisotopic (exact) mass is 466 g/mol. The van der Waals surface area contributed by atoms with Crippen molar-refractivity contribution in [2.24, 2.45) is 0 Å². The SMILES string of the molecule is CNCC(O)COc1cccc(-c2nc(NCCOC)cc(-c3ccc4c(c3)OCCO4)n2)c1. The molecule has 2 heterocycles. The summed E-state index contributed by atoms with van der Waals surface area (Å²) in [7, 11) is 3.45. The third-order valence-corrected chi connectivity index (χ3v) is 5.15. The minimum Gasteiger partial charge on any atom is -0.491 e. The fourth-order valence-corrected chi connectivity index (χ4v) is 3.51. The molecule has 0 aliphatic carbocycles. The van der Waals surface area contributed by atoms with Crippen molar-refractivity contribution < 1.29 is 24.1 Å². The maximum absolute atomic E-state index is 9.93. The third kappa shape index (κ3) is 6.13. The Morgan fingerprint density at radius 2 is 1.88 bits per heavy atom. The lowest BCUT2D eigenvalue weighted by Crippen LogP contribution is -2.29. The summed E-state index contributed by atoms with van der Waals surface area (Å²) in [5, 5.41) is 16.2. The van der Waals surface area contributed by atoms with E-state index in [4.69, 9.17) is 28.9 Å². The van der Waals surface area contributed by atoms with E-state index in [1.54, 1.807) is 14.2 Å². The first-order valence-electron chi connectivity index (χ1n) is 11.2. The standard InChI is InChI=1S/C25H30N4O5/c1-26-15-19(30)16-34-20-5-3-4-18(12-20)25-28-21(14-24(29-25)27-8-9-31-2)17-6-7-22-23(13-17)33-11-10-32-22/h3-7,12-14,19,26,30H,8-11,15-16H2,1-2H3,(H,27,28,29). The Labute approximate surface area is 199 Å². The molecule has 2 aromatic carbocycles. The number of hydrogen-bond acceptors (Lipinski definition) is 9. The molecule has 0 amide bonds. The number of ether oxygens (including phenoxy) is 4. The van der Waals surface area contributed by atoms with Crippen LogP contribution >= 0.6 is 0 Å². The van der Waals surface area contributed by atoms with E-state index >= 15 is 0 Å². The normalized spacial score (nSPS) is 13.4. The molecule has 34 heavy (non-hydrogen) atoms. The molecular formula is C25H30N4O5. The number of benzene rings is 2. The Hall–Kier alpha value is -3.40. The van der Waals surface area contributed by atoms with Gasteiger partial charge in [0.2, 0.25) is 0 Å². The van der Waals surface area contributed by atoms with E-state index in [0.29, 0.717) is 56.1 Å². The largest absolute Gasteiger partial charge is 0.491 e. The molecule has 1 aliphatic heterocycles. The van der Waals surface area contributed by atoms with Crippen LogP contribution in [0.3, 0.4) is 0 Å². The first kappa shape index (κ1) is 23.7. The summed E-state index contributed by atoms with van der Waals surface area (Å²) in [6.07, 6.45) is -0.597. The fourth-order valence-electron chi connectivity index (χ4n) is 3.51. The van der Waals surface area contributed by atoms with Gasteiger partial charge in [0.15, 0.2) is 17.3 Å². The summed E-state index contributed by atoms with van der Waals surface area (Å²) in [4.78, 5) is 9.53. The molecule has 9 nitrogen and oxygen atoms in total. The van der Waals surface area contributed by atoms with E-state index in [-0.39, 0.29) is 6.61 Å². The van der Waals surface area contributed by atoms with Gasteiger partial charge in [0.25, 0.3) is 0 Å². The predicted molar refractivity (Wildman–Crippen MR) is 130 cm³/mol. The van der Waals surface area contributed by atoms with Crippen LogP contribution in [-0.4, -0.2) is 74.9 Å². The van der Waals surface area contributed by atoms with Crippen LogP contribution in [0.4, 0.5) is 5.82 Å². The third-order valence-electron chi connectivity index (χ3n) is 5.15. The van der Waals surface area contributed by atoms with Gasteiger partial charge in [-0.25, -0.2) is 9.97 Å². The van der Waals surface area contributed by atoms with Crippen LogP contribution < -0.4 is 24.8 Å². The van der Waals surface area contributed by atoms with Gasteiger partial charge in [0.1, 0.15) is 37.5 Å². The van der Waals surface area contributed by atoms with Crippen molar-refractivity contribution in [1.82, 2.24) is 15.3 Å². The minimum atomic E-state index is -0.597. The van der Waals surface area contributed by atoms with Gasteiger partial charge in [-0.1, -0.05) is 12.1 Å². The number of nitrogens with zero attached hydrogens (tertiary/aromatic N) is 2. The zero-order valence-electron chi connectivity index (χ0n) is 19.4. The Morgan fingerprint density at radius 1 is 1.03 bits per heavy atom. The first-order chi connectivity index (χ1) is 16.7. The molecular weight excluding hydrogens is 436 g/mol. The number of hydrogen-bond donors (Lipinski definition) is 3. The minimum absolute atomic E-state index is 0.187. The van der Waals surface area contributed by atoms with Gasteiger partial charge in [0.05, 0.1) is 12.3 Å². The summed E-state index contributed by atoms with van der Waals surface area (Å²) in [6, 6.07) is 15.2. The van der Waals surface area contributed by atoms with E-state index in [9.17, 15) is 5.11 Å². The lowest BCUT2D eigenvalue weighted by molar-refractivity contribution is 0.108. The fraction of sp³-hybridized carbons (Fsp3) is 0.360. The number of likely N-dealkylation sites (N-methyl/N-ethyl adjacent to an activating group) is 1. The molecule has 1 atom stereocenters. The lowest BCUT2D eigenvalue weighted by atomic mass is 10.1. The van der Waals surface area contributed by atoms with Crippen molar-refractivity contribution in [3.05, 3.63) is 48.5 Å². The molecule has 0 saturated heterocycles. The molecule has 3 aromatic rings. The van der Waals surface area contributed by atoms with Crippen molar-refractivity contribution in [2.45, 2.75) is 6.10 Å². The van der Waals surface area contributed by atoms with Crippen molar-refractivity contribution >= 4 is 5.82 Å². The van der Waals surface area contributed by atoms with Gasteiger partial charge in [-0.05, 0) is 37.4 Å². The highest BCUT2D eigenvalue weighted by molar-refractivity contribution is 5.70. The van der Waals surface area contributed by atoms with E-state index < -0.39 is 6.10 Å². The lowest BCUT2D eigenvalue weighted by Gasteiger charge is -2.19. The predicted octanol–water partition coefficient (Wildman–Crippen LogP) is 2.60. The topological polar surface area (TPSA) is 107 Å². The number of fused-ring (bicyclic) bond motifs is 1. The van der Waals surface area contributed by atoms with Crippen LogP contribution in [0.2, 0.25) is 0 Å². The summed E-state index contributed by atoms with van der Waals surface area (Å²) in [6.45, 7) is 2.87. The van der Waals surface area contributed by atoms with Crippen LogP contribution in [0.1, 0.15) is 0 Å². The highest BCUT2D eigenvalue weighted by Gasteiger charge is 2.15. The van der Waals surface area contributed by atoms with Crippen molar-refractivity contribution in [2.75, 3.05) is 59.0 Å². The highest BCUT2D eigenvalue weighted by Crippen LogP contribution is 2.35. The van der Waals surface area contributed by atoms with E-state index in [1.165, 1.54) is 0 Å². The second kappa shape index (κ2) is 11.6.